The maximum atomic E-state index is 12.5. The topological polar surface area (TPSA) is 36.2 Å². The summed E-state index contributed by atoms with van der Waals surface area (Å²) in [5.41, 5.74) is 13.6. The van der Waals surface area contributed by atoms with Gasteiger partial charge in [0.25, 0.3) is 0 Å². The molecule has 0 N–H and O–H groups in total. The van der Waals surface area contributed by atoms with Gasteiger partial charge in [-0.1, -0.05) is 103 Å². The highest BCUT2D eigenvalue weighted by Crippen LogP contribution is 2.40. The summed E-state index contributed by atoms with van der Waals surface area (Å²) in [5, 5.41) is 4.78. The first-order valence-corrected chi connectivity index (χ1v) is 18.2. The average molecular weight is 695 g/mol. The summed E-state index contributed by atoms with van der Waals surface area (Å²) in [4.78, 5) is 12.5. The predicted molar refractivity (Wildman–Crippen MR) is 223 cm³/mol. The summed E-state index contributed by atoms with van der Waals surface area (Å²) in [6.07, 6.45) is 0.936. The summed E-state index contributed by atoms with van der Waals surface area (Å²) in [5.74, 6) is 0.736. The Kier molecular flexibility index (Phi) is 7.48. The fraction of sp³-hybridized carbons (Fsp3) is 0.0200. The van der Waals surface area contributed by atoms with E-state index >= 15 is 0 Å². The van der Waals surface area contributed by atoms with Gasteiger partial charge in [0, 0.05) is 44.0 Å². The Labute approximate surface area is 312 Å². The highest BCUT2D eigenvalue weighted by atomic mass is 16.5. The number of rotatable bonds is 7. The Hall–Kier alpha value is -7.17. The van der Waals surface area contributed by atoms with Crippen LogP contribution in [0.5, 0.6) is 5.75 Å². The molecular weight excluding hydrogens is 661 g/mol. The largest absolute Gasteiger partial charge is 0.496 e. The van der Waals surface area contributed by atoms with Gasteiger partial charge in [-0.2, -0.15) is 0 Å². The number of nitrogens with zero attached hydrogens (tertiary/aromatic N) is 2. The first-order valence-electron chi connectivity index (χ1n) is 18.2. The van der Waals surface area contributed by atoms with Crippen LogP contribution in [-0.2, 0) is 0 Å². The molecule has 54 heavy (non-hydrogen) atoms. The van der Waals surface area contributed by atoms with Crippen molar-refractivity contribution in [2.75, 3.05) is 7.11 Å². The van der Waals surface area contributed by atoms with Crippen molar-refractivity contribution in [3.05, 3.63) is 188 Å². The van der Waals surface area contributed by atoms with Crippen molar-refractivity contribution >= 4 is 49.9 Å². The normalized spacial score (nSPS) is 11.5. The van der Waals surface area contributed by atoms with Gasteiger partial charge in [0.1, 0.15) is 5.75 Å². The maximum Gasteiger partial charge on any atom is 0.150 e. The molecule has 0 bridgehead atoms. The molecule has 0 amide bonds. The molecule has 0 unspecified atom stereocenters. The number of benzene rings is 8. The molecule has 0 saturated heterocycles. The Morgan fingerprint density at radius 1 is 0.407 bits per heavy atom. The van der Waals surface area contributed by atoms with Crippen LogP contribution in [0.15, 0.2) is 182 Å². The lowest BCUT2D eigenvalue weighted by Gasteiger charge is -2.12. The highest BCUT2D eigenvalue weighted by Gasteiger charge is 2.18. The van der Waals surface area contributed by atoms with Gasteiger partial charge in [0.15, 0.2) is 6.29 Å². The van der Waals surface area contributed by atoms with Crippen LogP contribution in [0.25, 0.3) is 88.4 Å². The van der Waals surface area contributed by atoms with Crippen molar-refractivity contribution in [3.8, 4) is 50.5 Å². The van der Waals surface area contributed by atoms with Gasteiger partial charge in [0.05, 0.1) is 29.2 Å². The molecule has 0 aliphatic heterocycles. The van der Waals surface area contributed by atoms with Gasteiger partial charge < -0.3 is 13.9 Å². The van der Waals surface area contributed by atoms with Crippen LogP contribution in [0.2, 0.25) is 0 Å². The van der Waals surface area contributed by atoms with Crippen molar-refractivity contribution < 1.29 is 9.53 Å². The van der Waals surface area contributed by atoms with E-state index in [1.54, 1.807) is 7.11 Å². The molecule has 0 spiro atoms. The number of aldehydes is 1. The van der Waals surface area contributed by atoms with Crippen molar-refractivity contribution in [2.24, 2.45) is 0 Å². The minimum atomic E-state index is 0.620. The summed E-state index contributed by atoms with van der Waals surface area (Å²) in [6.45, 7) is 0. The van der Waals surface area contributed by atoms with Crippen LogP contribution in [-0.4, -0.2) is 22.5 Å². The Bertz CT molecular complexity index is 3050. The van der Waals surface area contributed by atoms with E-state index in [9.17, 15) is 4.79 Å². The second-order valence-electron chi connectivity index (χ2n) is 13.7. The molecular formula is C50H34N2O2. The predicted octanol–water partition coefficient (Wildman–Crippen LogP) is 12.7. The average Bonchev–Trinajstić information content (AvgIpc) is 3.75. The minimum absolute atomic E-state index is 0.620. The number of fused-ring (bicyclic) bond motifs is 6. The number of para-hydroxylation sites is 4. The number of hydrogen-bond donors (Lipinski definition) is 0. The monoisotopic (exact) mass is 694 g/mol. The molecule has 0 saturated carbocycles. The molecule has 2 heterocycles. The standard InChI is InChI=1S/C50H34N2O2/c1-54-50-19-11-9-17-42(50)40-24-20-33(28-37(40)32-53)34-21-26-48-44(30-34)45-31-36(23-27-49(45)52(48)39-14-6-3-7-15-39)35-22-25-47-43(29-35)41-16-8-10-18-46(41)51(47)38-12-4-2-5-13-38/h2-32H,1H3. The van der Waals surface area contributed by atoms with Crippen LogP contribution in [0.1, 0.15) is 10.4 Å². The van der Waals surface area contributed by atoms with E-state index in [-0.39, 0.29) is 0 Å². The Morgan fingerprint density at radius 3 is 1.41 bits per heavy atom. The molecule has 256 valence electrons. The number of methoxy groups -OCH3 is 1. The summed E-state index contributed by atoms with van der Waals surface area (Å²) >= 11 is 0. The molecule has 10 rings (SSSR count). The SMILES string of the molecule is COc1ccccc1-c1ccc(-c2ccc3c(c2)c2cc(-c4ccc5c(c4)c4ccccc4n5-c4ccccc4)ccc2n3-c2ccccc2)cc1C=O. The van der Waals surface area contributed by atoms with E-state index in [0.29, 0.717) is 5.56 Å². The molecule has 0 radical (unpaired) electrons. The lowest BCUT2D eigenvalue weighted by atomic mass is 9.94. The van der Waals surface area contributed by atoms with E-state index in [1.165, 1.54) is 32.8 Å². The molecule has 0 atom stereocenters. The summed E-state index contributed by atoms with van der Waals surface area (Å²) in [7, 11) is 1.66. The molecule has 0 fully saturated rings. The number of ether oxygens (including phenoxy) is 1. The van der Waals surface area contributed by atoms with Crippen LogP contribution in [0, 0.1) is 0 Å². The second-order valence-corrected chi connectivity index (χ2v) is 13.7. The molecule has 4 nitrogen and oxygen atoms in total. The van der Waals surface area contributed by atoms with Crippen molar-refractivity contribution in [1.82, 2.24) is 9.13 Å². The number of carbonyl (C=O) groups excluding carboxylic acids is 1. The van der Waals surface area contributed by atoms with Gasteiger partial charge in [-0.3, -0.25) is 4.79 Å². The van der Waals surface area contributed by atoms with Crippen molar-refractivity contribution in [1.29, 1.82) is 0 Å². The number of carbonyl (C=O) groups is 1. The van der Waals surface area contributed by atoms with Gasteiger partial charge in [-0.05, 0) is 107 Å². The summed E-state index contributed by atoms with van der Waals surface area (Å²) in [6, 6.07) is 64.0. The zero-order valence-corrected chi connectivity index (χ0v) is 29.6. The molecule has 4 heteroatoms. The number of hydrogen-bond acceptors (Lipinski definition) is 2. The van der Waals surface area contributed by atoms with Crippen molar-refractivity contribution in [3.63, 3.8) is 0 Å². The van der Waals surface area contributed by atoms with Gasteiger partial charge in [-0.15, -0.1) is 0 Å². The van der Waals surface area contributed by atoms with E-state index in [0.717, 1.165) is 67.6 Å². The van der Waals surface area contributed by atoms with Gasteiger partial charge in [0.2, 0.25) is 0 Å². The third-order valence-electron chi connectivity index (χ3n) is 10.7. The Morgan fingerprint density at radius 2 is 0.852 bits per heavy atom. The first kappa shape index (κ1) is 31.6. The van der Waals surface area contributed by atoms with E-state index in [2.05, 4.69) is 155 Å². The fourth-order valence-corrected chi connectivity index (χ4v) is 8.20. The Balaban J connectivity index is 1.15. The quantitative estimate of drug-likeness (QED) is 0.156. The third kappa shape index (κ3) is 5.03. The van der Waals surface area contributed by atoms with Crippen molar-refractivity contribution in [2.45, 2.75) is 0 Å². The zero-order chi connectivity index (χ0) is 36.2. The lowest BCUT2D eigenvalue weighted by molar-refractivity contribution is 0.112. The van der Waals surface area contributed by atoms with Gasteiger partial charge in [-0.25, -0.2) is 0 Å². The van der Waals surface area contributed by atoms with E-state index in [4.69, 9.17) is 4.74 Å². The van der Waals surface area contributed by atoms with E-state index in [1.807, 2.05) is 36.4 Å². The van der Waals surface area contributed by atoms with Crippen LogP contribution in [0.4, 0.5) is 0 Å². The third-order valence-corrected chi connectivity index (χ3v) is 10.7. The molecule has 2 aromatic heterocycles. The smallest absolute Gasteiger partial charge is 0.150 e. The highest BCUT2D eigenvalue weighted by molar-refractivity contribution is 6.13. The minimum Gasteiger partial charge on any atom is -0.496 e. The van der Waals surface area contributed by atoms with Crippen LogP contribution in [0.3, 0.4) is 0 Å². The second kappa shape index (κ2) is 12.8. The van der Waals surface area contributed by atoms with E-state index < -0.39 is 0 Å². The zero-order valence-electron chi connectivity index (χ0n) is 29.6. The van der Waals surface area contributed by atoms with Crippen LogP contribution >= 0.6 is 0 Å². The lowest BCUT2D eigenvalue weighted by Crippen LogP contribution is -1.94. The molecule has 8 aromatic carbocycles. The molecule has 0 aliphatic carbocycles. The maximum absolute atomic E-state index is 12.5. The van der Waals surface area contributed by atoms with Gasteiger partial charge >= 0.3 is 0 Å². The summed E-state index contributed by atoms with van der Waals surface area (Å²) < 4.78 is 10.3. The fourth-order valence-electron chi connectivity index (χ4n) is 8.20. The first-order chi connectivity index (χ1) is 26.7. The molecule has 10 aromatic rings. The number of aromatic nitrogens is 2. The molecule has 0 aliphatic rings. The van der Waals surface area contributed by atoms with Crippen LogP contribution < -0.4 is 4.74 Å².